The smallest absolute Gasteiger partial charge is 0.181 e. The summed E-state index contributed by atoms with van der Waals surface area (Å²) in [5.41, 5.74) is 0.0862. The zero-order valence-corrected chi connectivity index (χ0v) is 14.0. The topological polar surface area (TPSA) is 65.0 Å². The number of carbonyl (C=O) groups excluding carboxylic acids is 1. The molecule has 1 aromatic carbocycles. The van der Waals surface area contributed by atoms with Gasteiger partial charge in [0.1, 0.15) is 29.0 Å². The minimum atomic E-state index is -1.43. The van der Waals surface area contributed by atoms with E-state index in [1.54, 1.807) is 0 Å². The van der Waals surface area contributed by atoms with Crippen LogP contribution < -0.4 is 9.47 Å². The third-order valence-electron chi connectivity index (χ3n) is 5.24. The first-order valence-corrected chi connectivity index (χ1v) is 8.40. The summed E-state index contributed by atoms with van der Waals surface area (Å²) in [6.07, 6.45) is 7.66. The molecule has 3 heterocycles. The molecule has 5 heteroatoms. The Bertz CT molecular complexity index is 892. The summed E-state index contributed by atoms with van der Waals surface area (Å²) >= 11 is 0. The van der Waals surface area contributed by atoms with E-state index in [1.807, 2.05) is 38.1 Å². The van der Waals surface area contributed by atoms with E-state index in [9.17, 15) is 9.90 Å². The first-order valence-electron chi connectivity index (χ1n) is 8.40. The Balaban J connectivity index is 1.60. The summed E-state index contributed by atoms with van der Waals surface area (Å²) in [5.74, 6) is 1.45. The van der Waals surface area contributed by atoms with Crippen LogP contribution in [-0.2, 0) is 9.53 Å². The number of aliphatic hydroxyl groups is 1. The molecule has 4 aliphatic rings. The zero-order valence-electron chi connectivity index (χ0n) is 14.0. The molecule has 0 bridgehead atoms. The Morgan fingerprint density at radius 1 is 1.20 bits per heavy atom. The van der Waals surface area contributed by atoms with Gasteiger partial charge in [-0.1, -0.05) is 6.07 Å². The standard InChI is InChI=1S/C20H18O5/c1-19(2)7-6-13-15(25-19)4-3-12-14-10-23-16-9-11(21)5-8-20(16,22)18(14)24-17(12)13/h3-9,14,18,22H,10H2,1-2H3/t14-,18+,20+/m0/s1. The highest BCUT2D eigenvalue weighted by atomic mass is 16.5. The van der Waals surface area contributed by atoms with Gasteiger partial charge in [0.2, 0.25) is 0 Å². The molecule has 3 aliphatic heterocycles. The third-order valence-corrected chi connectivity index (χ3v) is 5.24. The number of fused-ring (bicyclic) bond motifs is 7. The molecule has 0 radical (unpaired) electrons. The normalized spacial score (nSPS) is 33.1. The van der Waals surface area contributed by atoms with Crippen LogP contribution in [-0.4, -0.2) is 34.8 Å². The molecule has 1 fully saturated rings. The highest BCUT2D eigenvalue weighted by molar-refractivity contribution is 6.01. The van der Waals surface area contributed by atoms with Crippen molar-refractivity contribution in [3.8, 4) is 11.5 Å². The molecule has 0 amide bonds. The molecule has 1 aliphatic carbocycles. The van der Waals surface area contributed by atoms with Gasteiger partial charge in [-0.3, -0.25) is 4.79 Å². The zero-order chi connectivity index (χ0) is 17.4. The van der Waals surface area contributed by atoms with Crippen LogP contribution in [0.25, 0.3) is 6.08 Å². The number of ketones is 1. The second-order valence-corrected chi connectivity index (χ2v) is 7.46. The van der Waals surface area contributed by atoms with Crippen LogP contribution in [0, 0.1) is 0 Å². The molecule has 1 aromatic rings. The number of carbonyl (C=O) groups is 1. The van der Waals surface area contributed by atoms with E-state index < -0.39 is 11.7 Å². The van der Waals surface area contributed by atoms with Crippen LogP contribution in [0.5, 0.6) is 11.5 Å². The predicted molar refractivity (Wildman–Crippen MR) is 90.5 cm³/mol. The first-order chi connectivity index (χ1) is 11.9. The number of benzene rings is 1. The molecule has 3 atom stereocenters. The fourth-order valence-electron chi connectivity index (χ4n) is 3.97. The van der Waals surface area contributed by atoms with Crippen molar-refractivity contribution in [2.24, 2.45) is 0 Å². The Hall–Kier alpha value is -2.53. The van der Waals surface area contributed by atoms with Crippen molar-refractivity contribution < 1.29 is 24.1 Å². The van der Waals surface area contributed by atoms with Gasteiger partial charge < -0.3 is 19.3 Å². The Labute approximate surface area is 145 Å². The molecular formula is C20H18O5. The lowest BCUT2D eigenvalue weighted by atomic mass is 9.79. The van der Waals surface area contributed by atoms with Gasteiger partial charge >= 0.3 is 0 Å². The van der Waals surface area contributed by atoms with Gasteiger partial charge in [-0.25, -0.2) is 0 Å². The Morgan fingerprint density at radius 2 is 2.04 bits per heavy atom. The van der Waals surface area contributed by atoms with E-state index in [1.165, 1.54) is 18.2 Å². The highest BCUT2D eigenvalue weighted by Gasteiger charge is 2.55. The lowest BCUT2D eigenvalue weighted by molar-refractivity contribution is -0.113. The SMILES string of the molecule is CC1(C)C=Cc2c(ccc3c2O[C@@H]2[C@H]3COC3=CC(=O)C=C[C@@]32O)O1. The van der Waals surface area contributed by atoms with Gasteiger partial charge in [0.05, 0.1) is 18.1 Å². The summed E-state index contributed by atoms with van der Waals surface area (Å²) in [7, 11) is 0. The monoisotopic (exact) mass is 338 g/mol. The van der Waals surface area contributed by atoms with Gasteiger partial charge in [0.15, 0.2) is 11.4 Å². The van der Waals surface area contributed by atoms with E-state index in [0.29, 0.717) is 6.61 Å². The Kier molecular flexibility index (Phi) is 2.69. The minimum Gasteiger partial charge on any atom is -0.493 e. The second-order valence-electron chi connectivity index (χ2n) is 7.46. The van der Waals surface area contributed by atoms with Gasteiger partial charge in [-0.2, -0.15) is 0 Å². The van der Waals surface area contributed by atoms with E-state index >= 15 is 0 Å². The lowest BCUT2D eigenvalue weighted by Gasteiger charge is -2.41. The quantitative estimate of drug-likeness (QED) is 0.787. The van der Waals surface area contributed by atoms with E-state index in [-0.39, 0.29) is 23.1 Å². The van der Waals surface area contributed by atoms with Crippen LogP contribution in [0.3, 0.4) is 0 Å². The summed E-state index contributed by atoms with van der Waals surface area (Å²) < 4.78 is 17.9. The number of allylic oxidation sites excluding steroid dienone is 2. The van der Waals surface area contributed by atoms with Gasteiger partial charge in [0.25, 0.3) is 0 Å². The van der Waals surface area contributed by atoms with Gasteiger partial charge in [-0.15, -0.1) is 0 Å². The van der Waals surface area contributed by atoms with Crippen molar-refractivity contribution in [3.05, 3.63) is 53.3 Å². The molecule has 0 saturated carbocycles. The molecule has 5 nitrogen and oxygen atoms in total. The summed E-state index contributed by atoms with van der Waals surface area (Å²) in [5, 5.41) is 11.1. The van der Waals surface area contributed by atoms with Crippen molar-refractivity contribution in [3.63, 3.8) is 0 Å². The van der Waals surface area contributed by atoms with Gasteiger partial charge in [-0.05, 0) is 44.2 Å². The van der Waals surface area contributed by atoms with E-state index in [2.05, 4.69) is 0 Å². The number of hydrogen-bond donors (Lipinski definition) is 1. The molecule has 5 rings (SSSR count). The van der Waals surface area contributed by atoms with Crippen LogP contribution in [0.4, 0.5) is 0 Å². The van der Waals surface area contributed by atoms with Crippen molar-refractivity contribution in [1.82, 2.24) is 0 Å². The predicted octanol–water partition coefficient (Wildman–Crippen LogP) is 2.50. The molecule has 1 saturated heterocycles. The van der Waals surface area contributed by atoms with Crippen LogP contribution in [0.1, 0.15) is 30.9 Å². The van der Waals surface area contributed by atoms with Crippen molar-refractivity contribution in [2.75, 3.05) is 6.61 Å². The summed E-state index contributed by atoms with van der Waals surface area (Å²) in [6, 6.07) is 3.92. The highest BCUT2D eigenvalue weighted by Crippen LogP contribution is 2.52. The number of rotatable bonds is 0. The Morgan fingerprint density at radius 3 is 2.88 bits per heavy atom. The van der Waals surface area contributed by atoms with Crippen LogP contribution in [0.2, 0.25) is 0 Å². The fourth-order valence-corrected chi connectivity index (χ4v) is 3.97. The molecule has 0 unspecified atom stereocenters. The molecule has 1 N–H and O–H groups in total. The van der Waals surface area contributed by atoms with Crippen molar-refractivity contribution in [1.29, 1.82) is 0 Å². The van der Waals surface area contributed by atoms with E-state index in [4.69, 9.17) is 14.2 Å². The van der Waals surface area contributed by atoms with Gasteiger partial charge in [0, 0.05) is 11.6 Å². The fraction of sp³-hybridized carbons (Fsp3) is 0.350. The molecule has 25 heavy (non-hydrogen) atoms. The maximum absolute atomic E-state index is 11.6. The summed E-state index contributed by atoms with van der Waals surface area (Å²) in [6.45, 7) is 4.36. The van der Waals surface area contributed by atoms with Crippen LogP contribution in [0.15, 0.2) is 42.2 Å². The maximum Gasteiger partial charge on any atom is 0.181 e. The van der Waals surface area contributed by atoms with Crippen LogP contribution >= 0.6 is 0 Å². The second kappa shape index (κ2) is 4.55. The average molecular weight is 338 g/mol. The number of ether oxygens (including phenoxy) is 3. The first kappa shape index (κ1) is 14.8. The number of hydrogen-bond acceptors (Lipinski definition) is 5. The van der Waals surface area contributed by atoms with E-state index in [0.717, 1.165) is 22.6 Å². The molecule has 0 spiro atoms. The summed E-state index contributed by atoms with van der Waals surface area (Å²) in [4.78, 5) is 11.6. The molecule has 128 valence electrons. The van der Waals surface area contributed by atoms with Crippen molar-refractivity contribution in [2.45, 2.75) is 37.1 Å². The largest absolute Gasteiger partial charge is 0.493 e. The molecule has 0 aromatic heterocycles. The minimum absolute atomic E-state index is 0.108. The average Bonchev–Trinajstić information content (AvgIpc) is 2.94. The maximum atomic E-state index is 11.6. The third kappa shape index (κ3) is 1.96. The van der Waals surface area contributed by atoms with Crippen molar-refractivity contribution >= 4 is 11.9 Å². The molecular weight excluding hydrogens is 320 g/mol. The lowest BCUT2D eigenvalue weighted by Crippen LogP contribution is -2.53.